The van der Waals surface area contributed by atoms with E-state index >= 15 is 0 Å². The van der Waals surface area contributed by atoms with Crippen molar-refractivity contribution in [1.82, 2.24) is 0 Å². The SMILES string of the molecule is CCC(C)(C)CCCCCc1cc(C)c(CCCCCC2(I)CC2)c(C)c1C. The van der Waals surface area contributed by atoms with Gasteiger partial charge in [0.05, 0.1) is 0 Å². The number of unbranched alkanes of at least 4 members (excludes halogenated alkanes) is 4. The summed E-state index contributed by atoms with van der Waals surface area (Å²) in [5.41, 5.74) is 8.46. The van der Waals surface area contributed by atoms with Crippen LogP contribution in [0.15, 0.2) is 6.07 Å². The van der Waals surface area contributed by atoms with E-state index in [-0.39, 0.29) is 0 Å². The number of rotatable bonds is 13. The van der Waals surface area contributed by atoms with Crippen molar-refractivity contribution >= 4 is 22.6 Å². The molecule has 0 radical (unpaired) electrons. The summed E-state index contributed by atoms with van der Waals surface area (Å²) in [6.07, 6.45) is 17.9. The van der Waals surface area contributed by atoms with Gasteiger partial charge in [-0.2, -0.15) is 0 Å². The van der Waals surface area contributed by atoms with Crippen molar-refractivity contribution in [2.75, 3.05) is 0 Å². The molecule has 2 rings (SSSR count). The number of hydrogen-bond donors (Lipinski definition) is 0. The van der Waals surface area contributed by atoms with Crippen LogP contribution in [0.1, 0.15) is 119 Å². The van der Waals surface area contributed by atoms with Gasteiger partial charge in [0.1, 0.15) is 0 Å². The highest BCUT2D eigenvalue weighted by atomic mass is 127. The number of benzene rings is 1. The molecule has 0 spiro atoms. The molecule has 0 amide bonds. The maximum absolute atomic E-state index is 2.69. The Morgan fingerprint density at radius 3 is 2.18 bits per heavy atom. The van der Waals surface area contributed by atoms with Gasteiger partial charge in [-0.15, -0.1) is 0 Å². The maximum atomic E-state index is 2.69. The molecule has 1 fully saturated rings. The molecule has 1 saturated carbocycles. The molecule has 0 aliphatic heterocycles. The van der Waals surface area contributed by atoms with Crippen molar-refractivity contribution in [3.05, 3.63) is 33.9 Å². The second-order valence-electron chi connectivity index (χ2n) is 10.4. The second-order valence-corrected chi connectivity index (χ2v) is 12.7. The third-order valence-electron chi connectivity index (χ3n) is 7.46. The van der Waals surface area contributed by atoms with Crippen LogP contribution in [0.5, 0.6) is 0 Å². The second kappa shape index (κ2) is 10.8. The number of halogens is 1. The predicted molar refractivity (Wildman–Crippen MR) is 135 cm³/mol. The molecule has 1 aromatic rings. The topological polar surface area (TPSA) is 0 Å². The van der Waals surface area contributed by atoms with Crippen LogP contribution in [-0.2, 0) is 12.8 Å². The minimum atomic E-state index is 0.528. The first kappa shape index (κ1) is 24.2. The van der Waals surface area contributed by atoms with E-state index in [1.807, 2.05) is 0 Å². The minimum absolute atomic E-state index is 0.528. The Labute approximate surface area is 189 Å². The fourth-order valence-corrected chi connectivity index (χ4v) is 5.09. The van der Waals surface area contributed by atoms with Gasteiger partial charge in [-0.3, -0.25) is 0 Å². The Bertz CT molecular complexity index is 622. The van der Waals surface area contributed by atoms with Crippen LogP contribution in [-0.4, -0.2) is 3.42 Å². The van der Waals surface area contributed by atoms with Crippen LogP contribution in [0, 0.1) is 26.2 Å². The largest absolute Gasteiger partial charge is 0.0789 e. The van der Waals surface area contributed by atoms with Gasteiger partial charge in [-0.1, -0.05) is 81.5 Å². The minimum Gasteiger partial charge on any atom is -0.0789 e. The van der Waals surface area contributed by atoms with Crippen LogP contribution in [0.2, 0.25) is 0 Å². The standard InChI is InChI=1S/C27H45I/c1-7-26(5,6)16-12-8-10-14-24-20-21(2)25(23(4)22(24)3)15-11-9-13-17-27(28)18-19-27/h20H,7-19H2,1-6H3. The highest BCUT2D eigenvalue weighted by Crippen LogP contribution is 2.49. The summed E-state index contributed by atoms with van der Waals surface area (Å²) in [4.78, 5) is 0. The molecule has 1 aliphatic carbocycles. The summed E-state index contributed by atoms with van der Waals surface area (Å²) in [5, 5.41) is 0. The van der Waals surface area contributed by atoms with E-state index < -0.39 is 0 Å². The molecule has 1 aliphatic rings. The van der Waals surface area contributed by atoms with Gasteiger partial charge in [0.25, 0.3) is 0 Å². The number of alkyl halides is 1. The predicted octanol–water partition coefficient (Wildman–Crippen LogP) is 9.22. The molecule has 1 aromatic carbocycles. The van der Waals surface area contributed by atoms with E-state index in [2.05, 4.69) is 70.2 Å². The molecular formula is C27H45I. The zero-order valence-electron chi connectivity index (χ0n) is 19.6. The van der Waals surface area contributed by atoms with E-state index in [0.717, 1.165) is 0 Å². The van der Waals surface area contributed by atoms with Gasteiger partial charge in [0.15, 0.2) is 0 Å². The smallest absolute Gasteiger partial charge is 0.0223 e. The van der Waals surface area contributed by atoms with Crippen molar-refractivity contribution in [3.8, 4) is 0 Å². The quantitative estimate of drug-likeness (QED) is 0.145. The van der Waals surface area contributed by atoms with E-state index in [0.29, 0.717) is 8.84 Å². The Morgan fingerprint density at radius 1 is 0.893 bits per heavy atom. The van der Waals surface area contributed by atoms with Crippen LogP contribution >= 0.6 is 22.6 Å². The van der Waals surface area contributed by atoms with Crippen molar-refractivity contribution < 1.29 is 0 Å². The molecule has 160 valence electrons. The lowest BCUT2D eigenvalue weighted by Gasteiger charge is -2.22. The summed E-state index contributed by atoms with van der Waals surface area (Å²) in [7, 11) is 0. The Morgan fingerprint density at radius 2 is 1.54 bits per heavy atom. The molecule has 0 atom stereocenters. The fourth-order valence-electron chi connectivity index (χ4n) is 4.44. The molecule has 0 saturated heterocycles. The van der Waals surface area contributed by atoms with E-state index in [9.17, 15) is 0 Å². The molecule has 0 unspecified atom stereocenters. The molecule has 0 bridgehead atoms. The Kier molecular flexibility index (Phi) is 9.36. The normalized spacial score (nSPS) is 15.8. The lowest BCUT2D eigenvalue weighted by Crippen LogP contribution is -2.09. The lowest BCUT2D eigenvalue weighted by molar-refractivity contribution is 0.308. The zero-order chi connectivity index (χ0) is 20.8. The van der Waals surface area contributed by atoms with Crippen LogP contribution in [0.3, 0.4) is 0 Å². The fraction of sp³-hybridized carbons (Fsp3) is 0.778. The summed E-state index contributed by atoms with van der Waals surface area (Å²) in [6, 6.07) is 2.51. The van der Waals surface area contributed by atoms with Crippen LogP contribution in [0.4, 0.5) is 0 Å². The maximum Gasteiger partial charge on any atom is 0.0223 e. The number of hydrogen-bond acceptors (Lipinski definition) is 0. The van der Waals surface area contributed by atoms with Gasteiger partial charge in [0, 0.05) is 3.42 Å². The highest BCUT2D eigenvalue weighted by molar-refractivity contribution is 14.1. The molecule has 0 heterocycles. The molecule has 0 N–H and O–H groups in total. The summed E-state index contributed by atoms with van der Waals surface area (Å²) in [6.45, 7) is 14.2. The van der Waals surface area contributed by atoms with Crippen molar-refractivity contribution in [1.29, 1.82) is 0 Å². The molecular weight excluding hydrogens is 451 g/mol. The van der Waals surface area contributed by atoms with Gasteiger partial charge in [-0.05, 0) is 105 Å². The summed E-state index contributed by atoms with van der Waals surface area (Å²) >= 11 is 2.69. The monoisotopic (exact) mass is 496 g/mol. The third kappa shape index (κ3) is 7.65. The zero-order valence-corrected chi connectivity index (χ0v) is 21.8. The van der Waals surface area contributed by atoms with E-state index in [1.54, 1.807) is 22.3 Å². The molecule has 0 nitrogen and oxygen atoms in total. The number of aryl methyl sites for hydroxylation is 2. The van der Waals surface area contributed by atoms with E-state index in [4.69, 9.17) is 0 Å². The molecule has 0 aromatic heterocycles. The first-order chi connectivity index (χ1) is 13.2. The van der Waals surface area contributed by atoms with Crippen LogP contribution < -0.4 is 0 Å². The molecule has 1 heteroatoms. The van der Waals surface area contributed by atoms with E-state index in [1.165, 1.54) is 89.0 Å². The van der Waals surface area contributed by atoms with Gasteiger partial charge in [0.2, 0.25) is 0 Å². The third-order valence-corrected chi connectivity index (χ3v) is 9.08. The Balaban J connectivity index is 1.78. The van der Waals surface area contributed by atoms with Crippen molar-refractivity contribution in [3.63, 3.8) is 0 Å². The molecule has 28 heavy (non-hydrogen) atoms. The first-order valence-corrected chi connectivity index (χ1v) is 13.0. The Hall–Kier alpha value is -0.0500. The summed E-state index contributed by atoms with van der Waals surface area (Å²) < 4.78 is 0.703. The average Bonchev–Trinajstić information content (AvgIpc) is 3.38. The summed E-state index contributed by atoms with van der Waals surface area (Å²) in [5.74, 6) is 0. The average molecular weight is 497 g/mol. The van der Waals surface area contributed by atoms with Gasteiger partial charge in [-0.25, -0.2) is 0 Å². The van der Waals surface area contributed by atoms with Crippen molar-refractivity contribution in [2.24, 2.45) is 5.41 Å². The van der Waals surface area contributed by atoms with Gasteiger partial charge < -0.3 is 0 Å². The van der Waals surface area contributed by atoms with Gasteiger partial charge >= 0.3 is 0 Å². The lowest BCUT2D eigenvalue weighted by atomic mass is 9.84. The van der Waals surface area contributed by atoms with Crippen molar-refractivity contribution in [2.45, 2.75) is 128 Å². The first-order valence-electron chi connectivity index (χ1n) is 11.9. The van der Waals surface area contributed by atoms with Crippen LogP contribution in [0.25, 0.3) is 0 Å². The highest BCUT2D eigenvalue weighted by Gasteiger charge is 2.38.